The summed E-state index contributed by atoms with van der Waals surface area (Å²) in [5.74, 6) is 0.0269. The molecule has 2 aliphatic rings. The highest BCUT2D eigenvalue weighted by Gasteiger charge is 2.50. The molecule has 29 heavy (non-hydrogen) atoms. The quantitative estimate of drug-likeness (QED) is 0.639. The van der Waals surface area contributed by atoms with E-state index < -0.39 is 33.0 Å². The predicted molar refractivity (Wildman–Crippen MR) is 114 cm³/mol. The number of amides is 1. The van der Waals surface area contributed by atoms with Gasteiger partial charge in [-0.2, -0.15) is 0 Å². The average molecular weight is 434 g/mol. The van der Waals surface area contributed by atoms with Crippen molar-refractivity contribution >= 4 is 28.7 Å². The van der Waals surface area contributed by atoms with Crippen LogP contribution in [0.1, 0.15) is 87.0 Å². The van der Waals surface area contributed by atoms with E-state index in [1.54, 1.807) is 20.8 Å². The number of hydrogen-bond donors (Lipinski definition) is 0. The molecule has 170 valence electrons. The Bertz CT molecular complexity index is 636. The smallest absolute Gasteiger partial charge is 0.424 e. The third-order valence-corrected chi connectivity index (χ3v) is 7.05. The fourth-order valence-electron chi connectivity index (χ4n) is 3.41. The molecule has 8 heteroatoms. The van der Waals surface area contributed by atoms with Crippen LogP contribution >= 0.6 is 0 Å². The third-order valence-electron chi connectivity index (χ3n) is 4.74. The minimum Gasteiger partial charge on any atom is -0.443 e. The van der Waals surface area contributed by atoms with E-state index in [0.29, 0.717) is 32.1 Å². The molecule has 0 spiro atoms. The Kier molecular flexibility index (Phi) is 11.1. The molecule has 0 radical (unpaired) electrons. The van der Waals surface area contributed by atoms with E-state index in [2.05, 4.69) is 13.8 Å². The Balaban J connectivity index is 0.00000143. The lowest BCUT2D eigenvalue weighted by atomic mass is 9.92. The van der Waals surface area contributed by atoms with Crippen LogP contribution in [0.5, 0.6) is 0 Å². The van der Waals surface area contributed by atoms with Crippen LogP contribution in [0.4, 0.5) is 4.79 Å². The second-order valence-electron chi connectivity index (χ2n) is 8.76. The van der Waals surface area contributed by atoms with Crippen molar-refractivity contribution in [2.24, 2.45) is 11.8 Å². The molecule has 2 saturated carbocycles. The summed E-state index contributed by atoms with van der Waals surface area (Å²) in [6, 6.07) is -0.485. The van der Waals surface area contributed by atoms with Gasteiger partial charge in [-0.1, -0.05) is 34.1 Å². The molecule has 0 aromatic rings. The van der Waals surface area contributed by atoms with E-state index >= 15 is 0 Å². The Labute approximate surface area is 176 Å². The van der Waals surface area contributed by atoms with E-state index in [0.717, 1.165) is 4.31 Å². The molecule has 2 aliphatic carbocycles. The normalized spacial score (nSPS) is 23.8. The molecule has 0 N–H and O–H groups in total. The van der Waals surface area contributed by atoms with Gasteiger partial charge in [-0.25, -0.2) is 17.5 Å². The first-order valence-electron chi connectivity index (χ1n) is 10.5. The van der Waals surface area contributed by atoms with Crippen molar-refractivity contribution in [1.82, 2.24) is 4.31 Å². The monoisotopic (exact) mass is 433 g/mol. The van der Waals surface area contributed by atoms with Gasteiger partial charge in [0, 0.05) is 12.3 Å². The van der Waals surface area contributed by atoms with Gasteiger partial charge in [0.1, 0.15) is 18.2 Å². The van der Waals surface area contributed by atoms with Gasteiger partial charge < -0.3 is 9.53 Å². The van der Waals surface area contributed by atoms with Crippen LogP contribution < -0.4 is 0 Å². The molecular formula is C21H39NO6S. The van der Waals surface area contributed by atoms with E-state index in [1.807, 2.05) is 20.6 Å². The maximum atomic E-state index is 12.8. The number of ketones is 1. The van der Waals surface area contributed by atoms with Crippen LogP contribution in [0.3, 0.4) is 0 Å². The van der Waals surface area contributed by atoms with Crippen LogP contribution in [0.15, 0.2) is 0 Å². The predicted octanol–water partition coefficient (Wildman–Crippen LogP) is 4.34. The first-order valence-corrected chi connectivity index (χ1v) is 12.0. The standard InChI is InChI=1S/C17H29NO5S.C3H8.CH2O/c1-6-15(19)14-10-12(9-11(14)2)18(16(20)23-17(3,4)5)24(21,22)13-7-8-13;1-3-2;1-2/h11-14H,6-10H2,1-5H3;3H2,1-2H3;1H2/t11-,12+,14+;;/m0../s1. The molecule has 3 atom stereocenters. The van der Waals surface area contributed by atoms with E-state index in [9.17, 15) is 18.0 Å². The van der Waals surface area contributed by atoms with Gasteiger partial charge in [0.25, 0.3) is 0 Å². The van der Waals surface area contributed by atoms with E-state index in [1.165, 1.54) is 6.42 Å². The van der Waals surface area contributed by atoms with Gasteiger partial charge in [-0.15, -0.1) is 0 Å². The first-order chi connectivity index (χ1) is 13.4. The zero-order chi connectivity index (χ0) is 23.0. The first kappa shape index (κ1) is 27.6. The Morgan fingerprint density at radius 1 is 1.07 bits per heavy atom. The molecular weight excluding hydrogens is 394 g/mol. The van der Waals surface area contributed by atoms with Crippen LogP contribution in [-0.4, -0.2) is 48.3 Å². The van der Waals surface area contributed by atoms with Crippen molar-refractivity contribution in [2.45, 2.75) is 104 Å². The van der Waals surface area contributed by atoms with Crippen molar-refractivity contribution in [3.63, 3.8) is 0 Å². The van der Waals surface area contributed by atoms with Crippen molar-refractivity contribution in [1.29, 1.82) is 0 Å². The SMILES string of the molecule is C=O.CCC.CCC(=O)[C@@H]1C[C@H](N(C(=O)OC(C)(C)C)S(=O)(=O)C2CC2)C[C@@H]1C. The molecule has 0 bridgehead atoms. The van der Waals surface area contributed by atoms with E-state index in [4.69, 9.17) is 9.53 Å². The molecule has 0 saturated heterocycles. The number of hydrogen-bond acceptors (Lipinski definition) is 6. The highest BCUT2D eigenvalue weighted by Crippen LogP contribution is 2.40. The van der Waals surface area contributed by atoms with Crippen LogP contribution in [0.2, 0.25) is 0 Å². The maximum absolute atomic E-state index is 12.8. The highest BCUT2D eigenvalue weighted by molar-refractivity contribution is 7.90. The number of Topliss-reactive ketones (excluding diaryl/α,β-unsaturated/α-hetero) is 1. The number of carbonyl (C=O) groups excluding carboxylic acids is 3. The topological polar surface area (TPSA) is 97.8 Å². The number of nitrogens with zero attached hydrogens (tertiary/aromatic N) is 1. The second-order valence-corrected chi connectivity index (χ2v) is 10.8. The van der Waals surface area contributed by atoms with Crippen molar-refractivity contribution in [3.05, 3.63) is 0 Å². The fourth-order valence-corrected chi connectivity index (χ4v) is 5.30. The zero-order valence-electron chi connectivity index (χ0n) is 19.1. The zero-order valence-corrected chi connectivity index (χ0v) is 19.9. The number of ether oxygens (including phenoxy) is 1. The maximum Gasteiger partial charge on any atom is 0.424 e. The Hall–Kier alpha value is -1.44. The summed E-state index contributed by atoms with van der Waals surface area (Å²) in [4.78, 5) is 32.7. The molecule has 7 nitrogen and oxygen atoms in total. The van der Waals surface area contributed by atoms with Crippen molar-refractivity contribution < 1.29 is 27.5 Å². The Morgan fingerprint density at radius 2 is 1.55 bits per heavy atom. The molecule has 0 aliphatic heterocycles. The van der Waals surface area contributed by atoms with E-state index in [-0.39, 0.29) is 17.6 Å². The minimum absolute atomic E-state index is 0.0711. The molecule has 2 fully saturated rings. The van der Waals surface area contributed by atoms with Gasteiger partial charge in [0.15, 0.2) is 0 Å². The van der Waals surface area contributed by atoms with Gasteiger partial charge in [-0.05, 0) is 52.4 Å². The van der Waals surface area contributed by atoms with Crippen molar-refractivity contribution in [3.8, 4) is 0 Å². The highest BCUT2D eigenvalue weighted by atomic mass is 32.2. The largest absolute Gasteiger partial charge is 0.443 e. The summed E-state index contributed by atoms with van der Waals surface area (Å²) >= 11 is 0. The second kappa shape index (κ2) is 11.7. The Morgan fingerprint density at radius 3 is 1.93 bits per heavy atom. The summed E-state index contributed by atoms with van der Waals surface area (Å²) in [7, 11) is -3.71. The number of rotatable bonds is 5. The summed E-state index contributed by atoms with van der Waals surface area (Å²) in [6.07, 6.45) is 2.96. The minimum atomic E-state index is -3.71. The molecule has 2 rings (SSSR count). The van der Waals surface area contributed by atoms with Gasteiger partial charge in [-0.3, -0.25) is 4.79 Å². The summed E-state index contributed by atoms with van der Waals surface area (Å²) < 4.78 is 31.9. The lowest BCUT2D eigenvalue weighted by molar-refractivity contribution is -0.123. The lowest BCUT2D eigenvalue weighted by Crippen LogP contribution is -2.47. The molecule has 1 amide bonds. The summed E-state index contributed by atoms with van der Waals surface area (Å²) in [5.41, 5.74) is -0.767. The lowest BCUT2D eigenvalue weighted by Gasteiger charge is -2.31. The summed E-state index contributed by atoms with van der Waals surface area (Å²) in [5, 5.41) is -0.485. The molecule has 0 aromatic carbocycles. The van der Waals surface area contributed by atoms with Gasteiger partial charge in [0.2, 0.25) is 10.0 Å². The van der Waals surface area contributed by atoms with Crippen LogP contribution in [-0.2, 0) is 24.3 Å². The van der Waals surface area contributed by atoms with Crippen molar-refractivity contribution in [2.75, 3.05) is 0 Å². The van der Waals surface area contributed by atoms with Crippen LogP contribution in [0, 0.1) is 11.8 Å². The summed E-state index contributed by atoms with van der Waals surface area (Å²) in [6.45, 7) is 15.2. The van der Waals surface area contributed by atoms with Crippen LogP contribution in [0.25, 0.3) is 0 Å². The number of sulfonamides is 1. The fraction of sp³-hybridized carbons (Fsp3) is 0.857. The molecule has 0 heterocycles. The number of carbonyl (C=O) groups is 3. The third kappa shape index (κ3) is 8.07. The average Bonchev–Trinajstić information content (AvgIpc) is 3.40. The molecule has 0 aromatic heterocycles. The molecule has 0 unspecified atom stereocenters. The van der Waals surface area contributed by atoms with Gasteiger partial charge >= 0.3 is 6.09 Å². The van der Waals surface area contributed by atoms with Gasteiger partial charge in [0.05, 0.1) is 11.3 Å².